The minimum absolute atomic E-state index is 0.333. The number of H-pyrrole nitrogens is 1. The molecule has 1 aromatic rings. The highest BCUT2D eigenvalue weighted by molar-refractivity contribution is 5.71. The van der Waals surface area contributed by atoms with Gasteiger partial charge >= 0.3 is 5.97 Å². The van der Waals surface area contributed by atoms with Crippen molar-refractivity contribution in [2.75, 3.05) is 6.61 Å². The topological polar surface area (TPSA) is 88.1 Å². The lowest BCUT2D eigenvalue weighted by Gasteiger charge is -2.06. The Labute approximate surface area is 74.9 Å². The van der Waals surface area contributed by atoms with E-state index in [4.69, 9.17) is 9.84 Å². The average Bonchev–Trinajstić information content (AvgIpc) is 2.56. The van der Waals surface area contributed by atoms with E-state index in [0.717, 1.165) is 5.69 Å². The zero-order valence-electron chi connectivity index (χ0n) is 7.23. The fraction of sp³-hybridized carbons (Fsp3) is 0.571. The van der Waals surface area contributed by atoms with Gasteiger partial charge in [-0.15, -0.1) is 5.10 Å². The summed E-state index contributed by atoms with van der Waals surface area (Å²) in [6, 6.07) is 0. The summed E-state index contributed by atoms with van der Waals surface area (Å²) in [7, 11) is 0. The molecule has 2 N–H and O–H groups in total. The summed E-state index contributed by atoms with van der Waals surface area (Å²) >= 11 is 0. The van der Waals surface area contributed by atoms with Crippen molar-refractivity contribution in [2.24, 2.45) is 0 Å². The lowest BCUT2D eigenvalue weighted by Crippen LogP contribution is -2.21. The molecule has 1 aromatic heterocycles. The Balaban J connectivity index is 2.18. The van der Waals surface area contributed by atoms with Crippen LogP contribution in [0.2, 0.25) is 0 Å². The molecule has 0 saturated heterocycles. The van der Waals surface area contributed by atoms with E-state index in [1.807, 2.05) is 0 Å². The van der Waals surface area contributed by atoms with Crippen LogP contribution in [-0.4, -0.2) is 39.2 Å². The van der Waals surface area contributed by atoms with Crippen LogP contribution in [-0.2, 0) is 16.0 Å². The van der Waals surface area contributed by atoms with Crippen molar-refractivity contribution in [3.05, 3.63) is 11.9 Å². The maximum absolute atomic E-state index is 10.3. The van der Waals surface area contributed by atoms with Gasteiger partial charge < -0.3 is 9.84 Å². The van der Waals surface area contributed by atoms with Crippen molar-refractivity contribution >= 4 is 5.97 Å². The average molecular weight is 185 g/mol. The molecule has 1 rings (SSSR count). The molecule has 0 fully saturated rings. The smallest absolute Gasteiger partial charge is 0.332 e. The van der Waals surface area contributed by atoms with Crippen molar-refractivity contribution < 1.29 is 14.6 Å². The molecule has 0 aliphatic rings. The van der Waals surface area contributed by atoms with E-state index in [1.165, 1.54) is 6.92 Å². The highest BCUT2D eigenvalue weighted by atomic mass is 16.5. The lowest BCUT2D eigenvalue weighted by atomic mass is 10.3. The largest absolute Gasteiger partial charge is 0.479 e. The van der Waals surface area contributed by atoms with Crippen molar-refractivity contribution in [1.29, 1.82) is 0 Å². The second-order valence-corrected chi connectivity index (χ2v) is 2.57. The molecule has 1 atom stereocenters. The molecule has 0 spiro atoms. The number of nitrogens with one attached hydrogen (secondary N) is 1. The predicted octanol–water partition coefficient (Wildman–Crippen LogP) is -0.163. The number of carbonyl (C=O) groups is 1. The van der Waals surface area contributed by atoms with Gasteiger partial charge in [-0.25, -0.2) is 4.79 Å². The van der Waals surface area contributed by atoms with Crippen LogP contribution in [0.4, 0.5) is 0 Å². The van der Waals surface area contributed by atoms with Gasteiger partial charge in [0.1, 0.15) is 0 Å². The molecule has 1 unspecified atom stereocenters. The number of carboxylic acid groups (broad SMARTS) is 1. The Hall–Kier alpha value is -1.43. The van der Waals surface area contributed by atoms with Gasteiger partial charge in [0, 0.05) is 12.6 Å². The van der Waals surface area contributed by atoms with Crippen molar-refractivity contribution in [1.82, 2.24) is 15.4 Å². The van der Waals surface area contributed by atoms with E-state index in [1.54, 1.807) is 6.20 Å². The summed E-state index contributed by atoms with van der Waals surface area (Å²) in [5.74, 6) is -0.958. The van der Waals surface area contributed by atoms with E-state index in [2.05, 4.69) is 15.4 Å². The third kappa shape index (κ3) is 3.20. The molecule has 0 aliphatic carbocycles. The molecule has 0 aromatic carbocycles. The Kier molecular flexibility index (Phi) is 3.39. The first-order valence-corrected chi connectivity index (χ1v) is 3.90. The number of ether oxygens (including phenoxy) is 1. The molecule has 0 bridgehead atoms. The molecule has 1 heterocycles. The Morgan fingerprint density at radius 1 is 1.85 bits per heavy atom. The standard InChI is InChI=1S/C7H11N3O3/c1-5(7(11)12)13-3-2-6-4-8-10-9-6/h4-5H,2-3H2,1H3,(H,11,12)(H,8,9,10). The summed E-state index contributed by atoms with van der Waals surface area (Å²) in [5.41, 5.74) is 0.762. The lowest BCUT2D eigenvalue weighted by molar-refractivity contribution is -0.149. The van der Waals surface area contributed by atoms with Crippen LogP contribution in [0.15, 0.2) is 6.20 Å². The number of hydrogen-bond donors (Lipinski definition) is 2. The first-order valence-electron chi connectivity index (χ1n) is 3.90. The third-order valence-corrected chi connectivity index (χ3v) is 1.54. The number of aromatic amines is 1. The Morgan fingerprint density at radius 2 is 2.62 bits per heavy atom. The maximum Gasteiger partial charge on any atom is 0.332 e. The molecule has 72 valence electrons. The maximum atomic E-state index is 10.3. The van der Waals surface area contributed by atoms with Crippen molar-refractivity contribution in [3.63, 3.8) is 0 Å². The number of carboxylic acids is 1. The van der Waals surface area contributed by atoms with Gasteiger partial charge in [0.25, 0.3) is 0 Å². The van der Waals surface area contributed by atoms with Gasteiger partial charge in [0.05, 0.1) is 12.3 Å². The summed E-state index contributed by atoms with van der Waals surface area (Å²) < 4.78 is 5.00. The molecule has 0 saturated carbocycles. The van der Waals surface area contributed by atoms with Gasteiger partial charge in [-0.2, -0.15) is 0 Å². The number of aromatic nitrogens is 3. The van der Waals surface area contributed by atoms with Crippen LogP contribution >= 0.6 is 0 Å². The summed E-state index contributed by atoms with van der Waals surface area (Å²) in [6.07, 6.45) is 1.44. The van der Waals surface area contributed by atoms with Crippen LogP contribution in [0.25, 0.3) is 0 Å². The molecular formula is C7H11N3O3. The molecule has 6 heteroatoms. The van der Waals surface area contributed by atoms with E-state index in [9.17, 15) is 4.79 Å². The fourth-order valence-corrected chi connectivity index (χ4v) is 0.759. The number of nitrogens with zero attached hydrogens (tertiary/aromatic N) is 2. The van der Waals surface area contributed by atoms with Crippen LogP contribution in [0.5, 0.6) is 0 Å². The van der Waals surface area contributed by atoms with Crippen molar-refractivity contribution in [2.45, 2.75) is 19.4 Å². The highest BCUT2D eigenvalue weighted by Crippen LogP contribution is 1.95. The monoisotopic (exact) mass is 185 g/mol. The minimum Gasteiger partial charge on any atom is -0.479 e. The summed E-state index contributed by atoms with van der Waals surface area (Å²) in [6.45, 7) is 1.82. The minimum atomic E-state index is -0.958. The molecule has 0 amide bonds. The quantitative estimate of drug-likeness (QED) is 0.665. The first kappa shape index (κ1) is 9.66. The van der Waals surface area contributed by atoms with E-state index < -0.39 is 12.1 Å². The van der Waals surface area contributed by atoms with Gasteiger partial charge in [0.2, 0.25) is 0 Å². The van der Waals surface area contributed by atoms with Crippen LogP contribution < -0.4 is 0 Å². The number of hydrogen-bond acceptors (Lipinski definition) is 4. The van der Waals surface area contributed by atoms with Crippen LogP contribution in [0.1, 0.15) is 12.6 Å². The molecule has 13 heavy (non-hydrogen) atoms. The molecule has 0 aliphatic heterocycles. The first-order chi connectivity index (χ1) is 6.20. The fourth-order valence-electron chi connectivity index (χ4n) is 0.759. The summed E-state index contributed by atoms with van der Waals surface area (Å²) in [5, 5.41) is 18.3. The SMILES string of the molecule is CC(OCCc1c[nH]nn1)C(=O)O. The zero-order chi connectivity index (χ0) is 9.68. The van der Waals surface area contributed by atoms with Gasteiger partial charge in [-0.05, 0) is 6.92 Å². The summed E-state index contributed by atoms with van der Waals surface area (Å²) in [4.78, 5) is 10.3. The second-order valence-electron chi connectivity index (χ2n) is 2.57. The van der Waals surface area contributed by atoms with Crippen LogP contribution in [0, 0.1) is 0 Å². The van der Waals surface area contributed by atoms with Gasteiger partial charge in [-0.1, -0.05) is 5.21 Å². The molecule has 0 radical (unpaired) electrons. The highest BCUT2D eigenvalue weighted by Gasteiger charge is 2.10. The van der Waals surface area contributed by atoms with Gasteiger partial charge in [-0.3, -0.25) is 5.10 Å². The van der Waals surface area contributed by atoms with Crippen molar-refractivity contribution in [3.8, 4) is 0 Å². The third-order valence-electron chi connectivity index (χ3n) is 1.54. The van der Waals surface area contributed by atoms with Crippen LogP contribution in [0.3, 0.4) is 0 Å². The Morgan fingerprint density at radius 3 is 3.15 bits per heavy atom. The molecule has 6 nitrogen and oxygen atoms in total. The normalized spacial score (nSPS) is 12.7. The van der Waals surface area contributed by atoms with E-state index >= 15 is 0 Å². The van der Waals surface area contributed by atoms with E-state index in [0.29, 0.717) is 13.0 Å². The Bertz CT molecular complexity index is 260. The zero-order valence-corrected chi connectivity index (χ0v) is 7.23. The molecular weight excluding hydrogens is 174 g/mol. The second kappa shape index (κ2) is 4.56. The number of rotatable bonds is 5. The predicted molar refractivity (Wildman–Crippen MR) is 43.1 cm³/mol. The number of aliphatic carboxylic acids is 1. The van der Waals surface area contributed by atoms with Gasteiger partial charge in [0.15, 0.2) is 6.10 Å². The van der Waals surface area contributed by atoms with E-state index in [-0.39, 0.29) is 0 Å².